The first-order valence-corrected chi connectivity index (χ1v) is 6.21. The highest BCUT2D eigenvalue weighted by Gasteiger charge is 2.14. The van der Waals surface area contributed by atoms with Crippen molar-refractivity contribution in [3.63, 3.8) is 0 Å². The molecule has 0 spiro atoms. The Morgan fingerprint density at radius 2 is 2.14 bits per heavy atom. The van der Waals surface area contributed by atoms with Crippen LogP contribution in [0.3, 0.4) is 0 Å². The molecule has 0 saturated carbocycles. The van der Waals surface area contributed by atoms with Crippen molar-refractivity contribution in [2.24, 2.45) is 0 Å². The second-order valence-corrected chi connectivity index (χ2v) is 4.24. The molecule has 0 aromatic heterocycles. The molecule has 1 aliphatic rings. The highest BCUT2D eigenvalue weighted by Crippen LogP contribution is 2.16. The van der Waals surface area contributed by atoms with Crippen LogP contribution in [0.4, 0.5) is 0 Å². The van der Waals surface area contributed by atoms with E-state index >= 15 is 0 Å². The minimum Gasteiger partial charge on any atom is -0.378 e. The number of rotatable bonds is 7. The van der Waals surface area contributed by atoms with Crippen molar-refractivity contribution in [2.45, 2.75) is 64.5 Å². The molecule has 1 saturated heterocycles. The van der Waals surface area contributed by atoms with Gasteiger partial charge in [0.2, 0.25) is 0 Å². The third-order valence-corrected chi connectivity index (χ3v) is 3.15. The molecule has 1 unspecified atom stereocenters. The SMILES string of the molecule is CCC(CC)NCCCC1CCCO1. The molecule has 1 rings (SSSR count). The van der Waals surface area contributed by atoms with Crippen LogP contribution in [0.25, 0.3) is 0 Å². The van der Waals surface area contributed by atoms with Gasteiger partial charge in [0.25, 0.3) is 0 Å². The van der Waals surface area contributed by atoms with Crippen LogP contribution in [-0.4, -0.2) is 25.3 Å². The molecule has 2 nitrogen and oxygen atoms in total. The predicted octanol–water partition coefficient (Wildman–Crippen LogP) is 2.72. The molecule has 0 bridgehead atoms. The van der Waals surface area contributed by atoms with Crippen molar-refractivity contribution >= 4 is 0 Å². The van der Waals surface area contributed by atoms with Gasteiger partial charge in [-0.15, -0.1) is 0 Å². The fraction of sp³-hybridized carbons (Fsp3) is 1.00. The van der Waals surface area contributed by atoms with Crippen LogP contribution in [0.2, 0.25) is 0 Å². The van der Waals surface area contributed by atoms with Gasteiger partial charge < -0.3 is 10.1 Å². The zero-order valence-corrected chi connectivity index (χ0v) is 9.72. The van der Waals surface area contributed by atoms with Gasteiger partial charge in [-0.1, -0.05) is 13.8 Å². The molecule has 0 amide bonds. The highest BCUT2D eigenvalue weighted by atomic mass is 16.5. The summed E-state index contributed by atoms with van der Waals surface area (Å²) in [4.78, 5) is 0. The zero-order chi connectivity index (χ0) is 10.2. The first-order valence-electron chi connectivity index (χ1n) is 6.21. The van der Waals surface area contributed by atoms with Gasteiger partial charge in [-0.05, 0) is 45.1 Å². The highest BCUT2D eigenvalue weighted by molar-refractivity contribution is 4.67. The van der Waals surface area contributed by atoms with E-state index in [-0.39, 0.29) is 0 Å². The average molecular weight is 199 g/mol. The molecule has 1 atom stereocenters. The Morgan fingerprint density at radius 1 is 1.36 bits per heavy atom. The van der Waals surface area contributed by atoms with Gasteiger partial charge in [0.15, 0.2) is 0 Å². The van der Waals surface area contributed by atoms with Crippen LogP contribution in [0.1, 0.15) is 52.4 Å². The number of nitrogens with one attached hydrogen (secondary N) is 1. The second-order valence-electron chi connectivity index (χ2n) is 4.24. The van der Waals surface area contributed by atoms with Crippen molar-refractivity contribution in [2.75, 3.05) is 13.2 Å². The molecule has 0 radical (unpaired) electrons. The van der Waals surface area contributed by atoms with E-state index in [0.29, 0.717) is 6.10 Å². The largest absolute Gasteiger partial charge is 0.378 e. The normalized spacial score (nSPS) is 22.1. The van der Waals surface area contributed by atoms with Gasteiger partial charge in [-0.25, -0.2) is 0 Å². The topological polar surface area (TPSA) is 21.3 Å². The fourth-order valence-electron chi connectivity index (χ4n) is 2.09. The van der Waals surface area contributed by atoms with E-state index in [1.165, 1.54) is 38.5 Å². The molecule has 1 aliphatic heterocycles. The molecule has 0 aliphatic carbocycles. The molecule has 2 heteroatoms. The first kappa shape index (κ1) is 12.0. The van der Waals surface area contributed by atoms with Gasteiger partial charge in [0.1, 0.15) is 0 Å². The van der Waals surface area contributed by atoms with E-state index in [0.717, 1.165) is 19.2 Å². The maximum absolute atomic E-state index is 5.58. The monoisotopic (exact) mass is 199 g/mol. The van der Waals surface area contributed by atoms with Crippen molar-refractivity contribution in [1.29, 1.82) is 0 Å². The Morgan fingerprint density at radius 3 is 2.71 bits per heavy atom. The summed E-state index contributed by atoms with van der Waals surface area (Å²) in [5.41, 5.74) is 0. The Bertz CT molecular complexity index is 124. The van der Waals surface area contributed by atoms with Crippen molar-refractivity contribution in [1.82, 2.24) is 5.32 Å². The third kappa shape index (κ3) is 4.43. The minimum atomic E-state index is 0.568. The Labute approximate surface area is 88.4 Å². The molecule has 0 aromatic rings. The van der Waals surface area contributed by atoms with Gasteiger partial charge in [-0.3, -0.25) is 0 Å². The maximum atomic E-state index is 5.58. The quantitative estimate of drug-likeness (QED) is 0.637. The van der Waals surface area contributed by atoms with Crippen LogP contribution >= 0.6 is 0 Å². The van der Waals surface area contributed by atoms with Crippen LogP contribution in [0, 0.1) is 0 Å². The lowest BCUT2D eigenvalue weighted by molar-refractivity contribution is 0.102. The molecule has 1 fully saturated rings. The van der Waals surface area contributed by atoms with Crippen molar-refractivity contribution in [3.05, 3.63) is 0 Å². The molecule has 84 valence electrons. The van der Waals surface area contributed by atoms with E-state index < -0.39 is 0 Å². The number of hydrogen-bond donors (Lipinski definition) is 1. The smallest absolute Gasteiger partial charge is 0.0576 e. The lowest BCUT2D eigenvalue weighted by atomic mass is 10.1. The Kier molecular flexibility index (Phi) is 6.20. The number of hydrogen-bond acceptors (Lipinski definition) is 2. The van der Waals surface area contributed by atoms with E-state index in [1.807, 2.05) is 0 Å². The first-order chi connectivity index (χ1) is 6.86. The summed E-state index contributed by atoms with van der Waals surface area (Å²) in [6, 6.07) is 0.722. The standard InChI is InChI=1S/C12H25NO/c1-3-11(4-2)13-9-5-7-12-8-6-10-14-12/h11-13H,3-10H2,1-2H3. The van der Waals surface area contributed by atoms with Crippen molar-refractivity contribution in [3.8, 4) is 0 Å². The van der Waals surface area contributed by atoms with Gasteiger partial charge in [0, 0.05) is 12.6 Å². The lowest BCUT2D eigenvalue weighted by Crippen LogP contribution is -2.29. The summed E-state index contributed by atoms with van der Waals surface area (Å²) < 4.78 is 5.58. The summed E-state index contributed by atoms with van der Waals surface area (Å²) in [5.74, 6) is 0. The lowest BCUT2D eigenvalue weighted by Gasteiger charge is -2.15. The van der Waals surface area contributed by atoms with Crippen LogP contribution in [-0.2, 0) is 4.74 Å². The minimum absolute atomic E-state index is 0.568. The van der Waals surface area contributed by atoms with E-state index in [9.17, 15) is 0 Å². The summed E-state index contributed by atoms with van der Waals surface area (Å²) in [5, 5.41) is 3.59. The maximum Gasteiger partial charge on any atom is 0.0576 e. The average Bonchev–Trinajstić information content (AvgIpc) is 2.71. The molecule has 14 heavy (non-hydrogen) atoms. The van der Waals surface area contributed by atoms with Gasteiger partial charge >= 0.3 is 0 Å². The van der Waals surface area contributed by atoms with Crippen LogP contribution in [0.15, 0.2) is 0 Å². The molecule has 1 heterocycles. The van der Waals surface area contributed by atoms with E-state index in [1.54, 1.807) is 0 Å². The Hall–Kier alpha value is -0.0800. The summed E-state index contributed by atoms with van der Waals surface area (Å²) >= 11 is 0. The predicted molar refractivity (Wildman–Crippen MR) is 60.6 cm³/mol. The summed E-state index contributed by atoms with van der Waals surface area (Å²) in [6.45, 7) is 6.65. The van der Waals surface area contributed by atoms with E-state index in [4.69, 9.17) is 4.74 Å². The number of ether oxygens (including phenoxy) is 1. The third-order valence-electron chi connectivity index (χ3n) is 3.15. The zero-order valence-electron chi connectivity index (χ0n) is 9.72. The molecule has 1 N–H and O–H groups in total. The molecule has 0 aromatic carbocycles. The van der Waals surface area contributed by atoms with Gasteiger partial charge in [0.05, 0.1) is 6.10 Å². The van der Waals surface area contributed by atoms with Crippen LogP contribution in [0.5, 0.6) is 0 Å². The van der Waals surface area contributed by atoms with Crippen LogP contribution < -0.4 is 5.32 Å². The molecular formula is C12H25NO. The van der Waals surface area contributed by atoms with Crippen molar-refractivity contribution < 1.29 is 4.74 Å². The fourth-order valence-corrected chi connectivity index (χ4v) is 2.09. The Balaban J connectivity index is 1.92. The summed E-state index contributed by atoms with van der Waals surface area (Å²) in [6.07, 6.45) is 8.12. The molecular weight excluding hydrogens is 174 g/mol. The second kappa shape index (κ2) is 7.24. The summed E-state index contributed by atoms with van der Waals surface area (Å²) in [7, 11) is 0. The van der Waals surface area contributed by atoms with E-state index in [2.05, 4.69) is 19.2 Å². The van der Waals surface area contributed by atoms with Gasteiger partial charge in [-0.2, -0.15) is 0 Å².